The fourth-order valence-corrected chi connectivity index (χ4v) is 4.27. The number of nitrogens with zero attached hydrogens (tertiary/aromatic N) is 3. The van der Waals surface area contributed by atoms with E-state index in [9.17, 15) is 17.1 Å². The van der Waals surface area contributed by atoms with Gasteiger partial charge >= 0.3 is 16.6 Å². The molecule has 0 atom stereocenters. The normalized spacial score (nSPS) is 18.5. The van der Waals surface area contributed by atoms with E-state index in [1.165, 1.54) is 0 Å². The summed E-state index contributed by atoms with van der Waals surface area (Å²) in [4.78, 5) is 18.3. The molecule has 1 aromatic carbocycles. The Balaban J connectivity index is 1.74. The number of benzene rings is 1. The number of nitrogens with one attached hydrogen (secondary N) is 1. The van der Waals surface area contributed by atoms with Crippen molar-refractivity contribution in [2.24, 2.45) is 0 Å². The molecule has 2 fully saturated rings. The molecule has 1 N–H and O–H groups in total. The van der Waals surface area contributed by atoms with Gasteiger partial charge in [-0.05, 0) is 44.9 Å². The minimum atomic E-state index is -5.12. The maximum Gasteiger partial charge on any atom is 0.488 e. The van der Waals surface area contributed by atoms with Gasteiger partial charge in [0.25, 0.3) is 0 Å². The first-order valence-electron chi connectivity index (χ1n) is 10.8. The van der Waals surface area contributed by atoms with E-state index in [1.807, 2.05) is 27.7 Å². The fourth-order valence-electron chi connectivity index (χ4n) is 3.95. The zero-order chi connectivity index (χ0) is 23.5. The second-order valence-corrected chi connectivity index (χ2v) is 10.1. The zero-order valence-electron chi connectivity index (χ0n) is 19.2. The standard InChI is InChI=1S/C21H33FN4O5S/c1-16-17(15-24-9-11-26(12-10-24)20(27)30-21(2,3)4)13-18(31-32(22,28)29)14-19(16)25-7-5-23-6-8-25/h13-14,23H,5-12,15H2,1-4H3. The van der Waals surface area contributed by atoms with Crippen molar-refractivity contribution in [1.29, 1.82) is 0 Å². The quantitative estimate of drug-likeness (QED) is 0.651. The molecule has 1 amide bonds. The summed E-state index contributed by atoms with van der Waals surface area (Å²) in [5.41, 5.74) is 2.17. The van der Waals surface area contributed by atoms with E-state index in [2.05, 4.69) is 19.3 Å². The molecule has 0 radical (unpaired) electrons. The van der Waals surface area contributed by atoms with Crippen LogP contribution < -0.4 is 14.4 Å². The number of hydrogen-bond acceptors (Lipinski definition) is 8. The Morgan fingerprint density at radius 1 is 1.09 bits per heavy atom. The molecule has 2 heterocycles. The van der Waals surface area contributed by atoms with Gasteiger partial charge in [0, 0.05) is 70.7 Å². The molecule has 2 saturated heterocycles. The Kier molecular flexibility index (Phi) is 7.51. The Labute approximate surface area is 189 Å². The Morgan fingerprint density at radius 3 is 2.28 bits per heavy atom. The lowest BCUT2D eigenvalue weighted by Gasteiger charge is -2.36. The van der Waals surface area contributed by atoms with Crippen LogP contribution in [0.4, 0.5) is 14.4 Å². The lowest BCUT2D eigenvalue weighted by molar-refractivity contribution is 0.0139. The Bertz CT molecular complexity index is 921. The van der Waals surface area contributed by atoms with E-state index in [0.29, 0.717) is 32.7 Å². The SMILES string of the molecule is Cc1c(CN2CCN(C(=O)OC(C)(C)C)CC2)cc(OS(=O)(=O)F)cc1N1CCNCC1. The Hall–Kier alpha value is -2.11. The van der Waals surface area contributed by atoms with Crippen molar-refractivity contribution >= 4 is 22.3 Å². The third-order valence-electron chi connectivity index (χ3n) is 5.53. The van der Waals surface area contributed by atoms with Crippen LogP contribution in [0.2, 0.25) is 0 Å². The molecule has 0 saturated carbocycles. The summed E-state index contributed by atoms with van der Waals surface area (Å²) in [5.74, 6) is -0.0333. The molecule has 0 spiro atoms. The fraction of sp³-hybridized carbons (Fsp3) is 0.667. The number of amides is 1. The molecule has 2 aliphatic rings. The van der Waals surface area contributed by atoms with Crippen LogP contribution >= 0.6 is 0 Å². The molecule has 0 aromatic heterocycles. The van der Waals surface area contributed by atoms with Gasteiger partial charge in [0.15, 0.2) is 0 Å². The molecule has 9 nitrogen and oxygen atoms in total. The van der Waals surface area contributed by atoms with Crippen molar-refractivity contribution in [1.82, 2.24) is 15.1 Å². The van der Waals surface area contributed by atoms with Crippen LogP contribution in [0.1, 0.15) is 31.9 Å². The summed E-state index contributed by atoms with van der Waals surface area (Å²) in [7, 11) is -5.12. The molecule has 0 unspecified atom stereocenters. The first kappa shape index (κ1) is 24.5. The van der Waals surface area contributed by atoms with E-state index < -0.39 is 16.1 Å². The summed E-state index contributed by atoms with van der Waals surface area (Å²) in [6, 6.07) is 3.17. The van der Waals surface area contributed by atoms with Gasteiger partial charge < -0.3 is 24.0 Å². The number of halogens is 1. The molecule has 0 bridgehead atoms. The van der Waals surface area contributed by atoms with Gasteiger partial charge in [-0.15, -0.1) is 0 Å². The second kappa shape index (κ2) is 9.80. The molecule has 11 heteroatoms. The third-order valence-corrected chi connectivity index (χ3v) is 5.92. The summed E-state index contributed by atoms with van der Waals surface area (Å²) in [6.07, 6.45) is -0.321. The number of carbonyl (C=O) groups is 1. The average molecular weight is 473 g/mol. The van der Waals surface area contributed by atoms with Crippen molar-refractivity contribution in [3.05, 3.63) is 23.3 Å². The van der Waals surface area contributed by atoms with Crippen LogP contribution in [0.3, 0.4) is 0 Å². The number of ether oxygens (including phenoxy) is 1. The van der Waals surface area contributed by atoms with Crippen molar-refractivity contribution in [2.75, 3.05) is 57.3 Å². The highest BCUT2D eigenvalue weighted by Gasteiger charge is 2.27. The maximum atomic E-state index is 13.2. The third kappa shape index (κ3) is 6.94. The maximum absolute atomic E-state index is 13.2. The molecular weight excluding hydrogens is 439 g/mol. The van der Waals surface area contributed by atoms with Gasteiger partial charge in [-0.2, -0.15) is 8.42 Å². The topological polar surface area (TPSA) is 91.4 Å². The number of hydrogen-bond donors (Lipinski definition) is 1. The summed E-state index contributed by atoms with van der Waals surface area (Å²) in [5, 5.41) is 3.28. The van der Waals surface area contributed by atoms with Crippen molar-refractivity contribution < 1.29 is 26.0 Å². The van der Waals surface area contributed by atoms with Crippen LogP contribution in [-0.2, 0) is 21.8 Å². The predicted octanol–water partition coefficient (Wildman–Crippen LogP) is 2.05. The van der Waals surface area contributed by atoms with Crippen LogP contribution in [0.25, 0.3) is 0 Å². The molecule has 32 heavy (non-hydrogen) atoms. The molecule has 180 valence electrons. The number of rotatable bonds is 5. The monoisotopic (exact) mass is 472 g/mol. The average Bonchev–Trinajstić information content (AvgIpc) is 2.69. The highest BCUT2D eigenvalue weighted by molar-refractivity contribution is 7.81. The van der Waals surface area contributed by atoms with E-state index in [4.69, 9.17) is 4.74 Å². The smallest absolute Gasteiger partial charge is 0.444 e. The number of carbonyl (C=O) groups excluding carboxylic acids is 1. The van der Waals surface area contributed by atoms with Gasteiger partial charge in [0.05, 0.1) is 0 Å². The molecule has 3 rings (SSSR count). The first-order chi connectivity index (χ1) is 14.9. The summed E-state index contributed by atoms with van der Waals surface area (Å²) < 4.78 is 45.5. The highest BCUT2D eigenvalue weighted by Crippen LogP contribution is 2.31. The largest absolute Gasteiger partial charge is 0.488 e. The van der Waals surface area contributed by atoms with E-state index >= 15 is 0 Å². The van der Waals surface area contributed by atoms with Crippen LogP contribution in [0, 0.1) is 6.92 Å². The number of anilines is 1. The minimum Gasteiger partial charge on any atom is -0.444 e. The second-order valence-electron chi connectivity index (χ2n) is 9.18. The van der Waals surface area contributed by atoms with Gasteiger partial charge in [0.1, 0.15) is 11.4 Å². The van der Waals surface area contributed by atoms with Crippen LogP contribution in [-0.4, -0.2) is 82.3 Å². The first-order valence-corrected chi connectivity index (χ1v) is 12.2. The van der Waals surface area contributed by atoms with Crippen molar-refractivity contribution in [3.63, 3.8) is 0 Å². The van der Waals surface area contributed by atoms with E-state index in [0.717, 1.165) is 43.0 Å². The summed E-state index contributed by atoms with van der Waals surface area (Å²) >= 11 is 0. The lowest BCUT2D eigenvalue weighted by Crippen LogP contribution is -2.49. The van der Waals surface area contributed by atoms with E-state index in [1.54, 1.807) is 17.0 Å². The summed E-state index contributed by atoms with van der Waals surface area (Å²) in [6.45, 7) is 13.6. The van der Waals surface area contributed by atoms with Gasteiger partial charge in [-0.25, -0.2) is 4.79 Å². The van der Waals surface area contributed by atoms with Gasteiger partial charge in [0.2, 0.25) is 0 Å². The molecule has 1 aromatic rings. The lowest BCUT2D eigenvalue weighted by atomic mass is 10.0. The van der Waals surface area contributed by atoms with Gasteiger partial charge in [-0.3, -0.25) is 4.90 Å². The van der Waals surface area contributed by atoms with Crippen molar-refractivity contribution in [3.8, 4) is 5.75 Å². The highest BCUT2D eigenvalue weighted by atomic mass is 32.3. The number of piperazine rings is 2. The molecule has 2 aliphatic heterocycles. The molecule has 0 aliphatic carbocycles. The predicted molar refractivity (Wildman–Crippen MR) is 120 cm³/mol. The van der Waals surface area contributed by atoms with Crippen LogP contribution in [0.15, 0.2) is 12.1 Å². The zero-order valence-corrected chi connectivity index (χ0v) is 20.0. The van der Waals surface area contributed by atoms with Crippen LogP contribution in [0.5, 0.6) is 5.75 Å². The molecular formula is C21H33FN4O5S. The Morgan fingerprint density at radius 2 is 1.72 bits per heavy atom. The van der Waals surface area contributed by atoms with Crippen molar-refractivity contribution in [2.45, 2.75) is 39.8 Å². The van der Waals surface area contributed by atoms with E-state index in [-0.39, 0.29) is 11.8 Å². The van der Waals surface area contributed by atoms with Gasteiger partial charge in [-0.1, -0.05) is 3.89 Å². The minimum absolute atomic E-state index is 0.0333.